The Morgan fingerprint density at radius 2 is 1.83 bits per heavy atom. The van der Waals surface area contributed by atoms with Crippen LogP contribution in [0.25, 0.3) is 10.8 Å². The Labute approximate surface area is 175 Å². The summed E-state index contributed by atoms with van der Waals surface area (Å²) in [5, 5.41) is 9.03. The van der Waals surface area contributed by atoms with E-state index in [0.29, 0.717) is 17.4 Å². The van der Waals surface area contributed by atoms with E-state index in [1.807, 2.05) is 24.3 Å². The zero-order chi connectivity index (χ0) is 21.3. The van der Waals surface area contributed by atoms with Gasteiger partial charge in [0.25, 0.3) is 11.5 Å². The van der Waals surface area contributed by atoms with Crippen LogP contribution in [-0.2, 0) is 7.05 Å². The quantitative estimate of drug-likeness (QED) is 0.334. The molecule has 0 fully saturated rings. The number of rotatable bonds is 9. The lowest BCUT2D eigenvalue weighted by Gasteiger charge is -2.07. The molecule has 3 rings (SSSR count). The number of aromatic nitrogens is 2. The first kappa shape index (κ1) is 21.2. The number of nitrogens with zero attached hydrogens (tertiary/aromatic N) is 3. The topological polar surface area (TPSA) is 85.6 Å². The molecule has 30 heavy (non-hydrogen) atoms. The van der Waals surface area contributed by atoms with Crippen molar-refractivity contribution in [1.82, 2.24) is 15.2 Å². The SMILES string of the molecule is CCCCCCOc1ccc(/C=N\NC(=O)c2nn(C)c(=O)c3ccccc23)cc1. The third-order valence-corrected chi connectivity index (χ3v) is 4.70. The molecule has 0 bridgehead atoms. The second-order valence-corrected chi connectivity index (χ2v) is 7.00. The van der Waals surface area contributed by atoms with Crippen molar-refractivity contribution in [1.29, 1.82) is 0 Å². The van der Waals surface area contributed by atoms with Crippen LogP contribution in [0.3, 0.4) is 0 Å². The maximum absolute atomic E-state index is 12.5. The summed E-state index contributed by atoms with van der Waals surface area (Å²) in [6.07, 6.45) is 6.22. The van der Waals surface area contributed by atoms with E-state index in [1.54, 1.807) is 30.5 Å². The lowest BCUT2D eigenvalue weighted by atomic mass is 10.1. The van der Waals surface area contributed by atoms with Crippen molar-refractivity contribution in [3.05, 3.63) is 70.1 Å². The average Bonchev–Trinajstić information content (AvgIpc) is 2.77. The van der Waals surface area contributed by atoms with Gasteiger partial charge in [-0.25, -0.2) is 10.1 Å². The Kier molecular flexibility index (Phi) is 7.32. The van der Waals surface area contributed by atoms with E-state index in [0.717, 1.165) is 22.4 Å². The number of hydrogen-bond donors (Lipinski definition) is 1. The van der Waals surface area contributed by atoms with Gasteiger partial charge in [0.1, 0.15) is 5.75 Å². The minimum absolute atomic E-state index is 0.150. The number of fused-ring (bicyclic) bond motifs is 1. The van der Waals surface area contributed by atoms with Crippen LogP contribution in [0.5, 0.6) is 5.75 Å². The normalized spacial score (nSPS) is 11.1. The van der Waals surface area contributed by atoms with Gasteiger partial charge in [0.05, 0.1) is 18.2 Å². The molecule has 1 heterocycles. The molecule has 0 saturated carbocycles. The molecule has 0 atom stereocenters. The number of hydrogen-bond acceptors (Lipinski definition) is 5. The number of aryl methyl sites for hydroxylation is 1. The first-order chi connectivity index (χ1) is 14.6. The van der Waals surface area contributed by atoms with E-state index in [4.69, 9.17) is 4.74 Å². The summed E-state index contributed by atoms with van der Waals surface area (Å²) in [5.74, 6) is 0.332. The van der Waals surface area contributed by atoms with E-state index in [1.165, 1.54) is 26.3 Å². The highest BCUT2D eigenvalue weighted by molar-refractivity contribution is 6.04. The van der Waals surface area contributed by atoms with E-state index in [2.05, 4.69) is 22.5 Å². The third-order valence-electron chi connectivity index (χ3n) is 4.70. The number of ether oxygens (including phenoxy) is 1. The van der Waals surface area contributed by atoms with Crippen molar-refractivity contribution in [2.75, 3.05) is 6.61 Å². The third kappa shape index (κ3) is 5.31. The number of benzene rings is 2. The minimum atomic E-state index is -0.481. The van der Waals surface area contributed by atoms with Crippen molar-refractivity contribution in [3.8, 4) is 5.75 Å². The molecular formula is C23H26N4O3. The average molecular weight is 406 g/mol. The molecule has 0 spiro atoms. The molecule has 0 aliphatic heterocycles. The van der Waals surface area contributed by atoms with Crippen LogP contribution < -0.4 is 15.7 Å². The van der Waals surface area contributed by atoms with Crippen LogP contribution in [0.1, 0.15) is 48.7 Å². The maximum atomic E-state index is 12.5. The molecule has 0 aliphatic rings. The molecule has 1 aromatic heterocycles. The van der Waals surface area contributed by atoms with Gasteiger partial charge in [-0.3, -0.25) is 9.59 Å². The van der Waals surface area contributed by atoms with Crippen molar-refractivity contribution in [3.63, 3.8) is 0 Å². The molecule has 7 heteroatoms. The largest absolute Gasteiger partial charge is 0.494 e. The summed E-state index contributed by atoms with van der Waals surface area (Å²) in [4.78, 5) is 24.7. The summed E-state index contributed by atoms with van der Waals surface area (Å²) in [6, 6.07) is 14.4. The Hall–Kier alpha value is -3.48. The molecule has 0 aliphatic carbocycles. The fraction of sp³-hybridized carbons (Fsp3) is 0.304. The molecule has 3 aromatic rings. The fourth-order valence-corrected chi connectivity index (χ4v) is 3.05. The van der Waals surface area contributed by atoms with Crippen molar-refractivity contribution in [2.24, 2.45) is 12.1 Å². The fourth-order valence-electron chi connectivity index (χ4n) is 3.05. The van der Waals surface area contributed by atoms with E-state index >= 15 is 0 Å². The van der Waals surface area contributed by atoms with Gasteiger partial charge in [-0.2, -0.15) is 10.2 Å². The van der Waals surface area contributed by atoms with Crippen molar-refractivity contribution in [2.45, 2.75) is 32.6 Å². The van der Waals surface area contributed by atoms with E-state index in [-0.39, 0.29) is 11.3 Å². The van der Waals surface area contributed by atoms with Crippen LogP contribution in [0.2, 0.25) is 0 Å². The first-order valence-electron chi connectivity index (χ1n) is 10.1. The van der Waals surface area contributed by atoms with Gasteiger partial charge < -0.3 is 4.74 Å². The van der Waals surface area contributed by atoms with Gasteiger partial charge in [-0.15, -0.1) is 0 Å². The lowest BCUT2D eigenvalue weighted by molar-refractivity contribution is 0.0950. The minimum Gasteiger partial charge on any atom is -0.494 e. The van der Waals surface area contributed by atoms with Crippen LogP contribution in [0, 0.1) is 0 Å². The van der Waals surface area contributed by atoms with Crippen LogP contribution >= 0.6 is 0 Å². The molecule has 0 unspecified atom stereocenters. The highest BCUT2D eigenvalue weighted by Gasteiger charge is 2.14. The van der Waals surface area contributed by atoms with Crippen LogP contribution in [0.4, 0.5) is 0 Å². The second kappa shape index (κ2) is 10.3. The van der Waals surface area contributed by atoms with Gasteiger partial charge in [0.15, 0.2) is 5.69 Å². The molecule has 1 N–H and O–H groups in total. The molecule has 2 aromatic carbocycles. The number of unbranched alkanes of at least 4 members (excludes halogenated alkanes) is 3. The van der Waals surface area contributed by atoms with Gasteiger partial charge in [0.2, 0.25) is 0 Å². The van der Waals surface area contributed by atoms with Gasteiger partial charge in [-0.1, -0.05) is 44.4 Å². The zero-order valence-electron chi connectivity index (χ0n) is 17.3. The summed E-state index contributed by atoms with van der Waals surface area (Å²) >= 11 is 0. The maximum Gasteiger partial charge on any atom is 0.292 e. The summed E-state index contributed by atoms with van der Waals surface area (Å²) < 4.78 is 6.87. The van der Waals surface area contributed by atoms with Crippen LogP contribution in [-0.4, -0.2) is 28.5 Å². The summed E-state index contributed by atoms with van der Waals surface area (Å²) in [7, 11) is 1.52. The summed E-state index contributed by atoms with van der Waals surface area (Å²) in [5.41, 5.74) is 3.20. The highest BCUT2D eigenvalue weighted by Crippen LogP contribution is 2.14. The Balaban J connectivity index is 1.61. The van der Waals surface area contributed by atoms with Gasteiger partial charge in [-0.05, 0) is 42.3 Å². The predicted molar refractivity (Wildman–Crippen MR) is 118 cm³/mol. The van der Waals surface area contributed by atoms with Crippen LogP contribution in [0.15, 0.2) is 58.4 Å². The lowest BCUT2D eigenvalue weighted by Crippen LogP contribution is -2.27. The van der Waals surface area contributed by atoms with Gasteiger partial charge >= 0.3 is 0 Å². The molecule has 0 radical (unpaired) electrons. The second-order valence-electron chi connectivity index (χ2n) is 7.00. The number of nitrogens with one attached hydrogen (secondary N) is 1. The number of carbonyl (C=O) groups excluding carboxylic acids is 1. The van der Waals surface area contributed by atoms with E-state index < -0.39 is 5.91 Å². The summed E-state index contributed by atoms with van der Waals surface area (Å²) in [6.45, 7) is 2.90. The monoisotopic (exact) mass is 406 g/mol. The Morgan fingerprint density at radius 3 is 2.57 bits per heavy atom. The van der Waals surface area contributed by atoms with Crippen molar-refractivity contribution >= 4 is 22.9 Å². The molecular weight excluding hydrogens is 380 g/mol. The first-order valence-corrected chi connectivity index (χ1v) is 10.1. The number of amides is 1. The Bertz CT molecular complexity index is 1090. The highest BCUT2D eigenvalue weighted by atomic mass is 16.5. The number of carbonyl (C=O) groups is 1. The molecule has 7 nitrogen and oxygen atoms in total. The standard InChI is InChI=1S/C23H26N4O3/c1-3-4-5-8-15-30-18-13-11-17(12-14-18)16-24-25-22(28)21-19-9-6-7-10-20(19)23(29)27(2)26-21/h6-7,9-14,16H,3-5,8,15H2,1-2H3,(H,25,28)/b24-16-. The van der Waals surface area contributed by atoms with E-state index in [9.17, 15) is 9.59 Å². The smallest absolute Gasteiger partial charge is 0.292 e. The molecule has 0 saturated heterocycles. The zero-order valence-corrected chi connectivity index (χ0v) is 17.3. The molecule has 156 valence electrons. The number of hydrazone groups is 1. The van der Waals surface area contributed by atoms with Gasteiger partial charge in [0, 0.05) is 12.4 Å². The van der Waals surface area contributed by atoms with Crippen molar-refractivity contribution < 1.29 is 9.53 Å². The molecule has 1 amide bonds. The Morgan fingerprint density at radius 1 is 1.10 bits per heavy atom. The predicted octanol–water partition coefficient (Wildman–Crippen LogP) is 3.66.